The van der Waals surface area contributed by atoms with Crippen LogP contribution in [0.15, 0.2) is 121 Å². The Balaban J connectivity index is 1.65. The Bertz CT molecular complexity index is 2360. The zero-order valence-corrected chi connectivity index (χ0v) is 28.4. The Hall–Kier alpha value is -6.42. The van der Waals surface area contributed by atoms with E-state index < -0.39 is 69.0 Å². The number of methoxy groups -OCH3 is 1. The largest absolute Gasteiger partial charge is 0.495 e. The van der Waals surface area contributed by atoms with Crippen LogP contribution in [0.2, 0.25) is 0 Å². The van der Waals surface area contributed by atoms with Crippen molar-refractivity contribution in [3.8, 4) is 72.9 Å². The van der Waals surface area contributed by atoms with E-state index in [1.165, 1.54) is 7.11 Å². The first-order chi connectivity index (χ1) is 26.1. The molecule has 7 rings (SSSR count). The number of hydrogen-bond donors (Lipinski definition) is 0. The van der Waals surface area contributed by atoms with Crippen molar-refractivity contribution in [2.75, 3.05) is 7.11 Å². The summed E-state index contributed by atoms with van der Waals surface area (Å²) < 4.78 is 136. The maximum Gasteiger partial charge on any atom is 0.205 e. The van der Waals surface area contributed by atoms with Crippen LogP contribution in [0.3, 0.4) is 0 Å². The third kappa shape index (κ3) is 5.93. The molecule has 0 unspecified atom stereocenters. The molecule has 270 valence electrons. The van der Waals surface area contributed by atoms with Crippen LogP contribution < -0.4 is 9.47 Å². The average molecular weight is 739 g/mol. The van der Waals surface area contributed by atoms with Crippen molar-refractivity contribution in [3.63, 3.8) is 0 Å². The molecule has 0 amide bonds. The van der Waals surface area contributed by atoms with Gasteiger partial charge in [-0.3, -0.25) is 0 Å². The summed E-state index contributed by atoms with van der Waals surface area (Å²) in [7, 11) is 1.45. The first-order valence-electron chi connectivity index (χ1n) is 16.4. The molecule has 0 spiro atoms. The van der Waals surface area contributed by atoms with E-state index in [9.17, 15) is 8.78 Å². The van der Waals surface area contributed by atoms with Crippen molar-refractivity contribution in [2.45, 2.75) is 6.92 Å². The van der Waals surface area contributed by atoms with Gasteiger partial charge in [0.05, 0.1) is 18.2 Å². The lowest BCUT2D eigenvalue weighted by Gasteiger charge is -2.27. The average Bonchev–Trinajstić information content (AvgIpc) is 3.21. The molecule has 0 fully saturated rings. The number of ether oxygens (including phenoxy) is 2. The summed E-state index contributed by atoms with van der Waals surface area (Å²) in [4.78, 5) is 0. The molecular formula is C44H26F8O2. The van der Waals surface area contributed by atoms with Crippen LogP contribution in [0.25, 0.3) is 55.6 Å². The molecule has 0 radical (unpaired) electrons. The van der Waals surface area contributed by atoms with E-state index in [2.05, 4.69) is 0 Å². The highest BCUT2D eigenvalue weighted by Crippen LogP contribution is 2.57. The molecule has 0 saturated heterocycles. The fraction of sp³-hybridized carbons (Fsp3) is 0.0455. The summed E-state index contributed by atoms with van der Waals surface area (Å²) in [5.41, 5.74) is -1.94. The maximum atomic E-state index is 16.3. The van der Waals surface area contributed by atoms with Crippen LogP contribution in [-0.4, -0.2) is 7.11 Å². The standard InChI is InChI=1S/C44H26F8O2/c1-23-34(45)36(47)32(37(48)35(23)46)33-38(49)40(51)44(41(52)39(33)50)54-43-30(26-19-11-5-12-20-26)28(24-15-7-3-8-16-24)42(53-2)29(25-17-9-4-10-18-25)31(43)27-21-13-6-14-22-27/h3-22H,1-2H3. The van der Waals surface area contributed by atoms with Gasteiger partial charge < -0.3 is 9.47 Å². The van der Waals surface area contributed by atoms with Crippen molar-refractivity contribution in [2.24, 2.45) is 0 Å². The van der Waals surface area contributed by atoms with Crippen molar-refractivity contribution in [1.82, 2.24) is 0 Å². The van der Waals surface area contributed by atoms with E-state index in [0.29, 0.717) is 46.1 Å². The van der Waals surface area contributed by atoms with Gasteiger partial charge in [0.25, 0.3) is 0 Å². The lowest BCUT2D eigenvalue weighted by molar-refractivity contribution is 0.367. The predicted octanol–water partition coefficient (Wildman–Crippen LogP) is 13.2. The molecule has 2 nitrogen and oxygen atoms in total. The number of hydrogen-bond acceptors (Lipinski definition) is 2. The maximum absolute atomic E-state index is 16.3. The Labute approximate surface area is 304 Å². The number of rotatable bonds is 8. The van der Waals surface area contributed by atoms with Crippen LogP contribution in [0, 0.1) is 53.5 Å². The summed E-state index contributed by atoms with van der Waals surface area (Å²) in [6.45, 7) is 0.683. The molecule has 54 heavy (non-hydrogen) atoms. The zero-order valence-electron chi connectivity index (χ0n) is 28.4. The van der Waals surface area contributed by atoms with Crippen molar-refractivity contribution in [3.05, 3.63) is 173 Å². The molecule has 0 heterocycles. The first-order valence-corrected chi connectivity index (χ1v) is 16.4. The van der Waals surface area contributed by atoms with Crippen LogP contribution in [0.5, 0.6) is 17.2 Å². The van der Waals surface area contributed by atoms with Crippen LogP contribution >= 0.6 is 0 Å². The molecule has 0 aromatic heterocycles. The Morgan fingerprint density at radius 2 is 0.593 bits per heavy atom. The van der Waals surface area contributed by atoms with E-state index in [4.69, 9.17) is 9.47 Å². The topological polar surface area (TPSA) is 18.5 Å². The molecule has 7 aromatic carbocycles. The molecule has 0 atom stereocenters. The molecule has 10 heteroatoms. The molecule has 0 saturated carbocycles. The predicted molar refractivity (Wildman–Crippen MR) is 191 cm³/mol. The van der Waals surface area contributed by atoms with Crippen LogP contribution in [0.1, 0.15) is 5.56 Å². The van der Waals surface area contributed by atoms with Crippen LogP contribution in [0.4, 0.5) is 35.1 Å². The molecular weight excluding hydrogens is 712 g/mol. The van der Waals surface area contributed by atoms with E-state index in [1.807, 2.05) is 0 Å². The molecule has 7 aromatic rings. The minimum Gasteiger partial charge on any atom is -0.495 e. The highest BCUT2D eigenvalue weighted by molar-refractivity contribution is 6.05. The monoisotopic (exact) mass is 738 g/mol. The van der Waals surface area contributed by atoms with Gasteiger partial charge in [-0.15, -0.1) is 0 Å². The lowest BCUT2D eigenvalue weighted by atomic mass is 9.83. The highest BCUT2D eigenvalue weighted by Gasteiger charge is 2.36. The summed E-state index contributed by atoms with van der Waals surface area (Å²) >= 11 is 0. The molecule has 0 aliphatic carbocycles. The summed E-state index contributed by atoms with van der Waals surface area (Å²) in [5, 5.41) is 0. The minimum absolute atomic E-state index is 0.195. The van der Waals surface area contributed by atoms with E-state index in [0.717, 1.165) is 0 Å². The Kier molecular flexibility index (Phi) is 9.68. The van der Waals surface area contributed by atoms with Gasteiger partial charge in [-0.05, 0) is 29.2 Å². The third-order valence-corrected chi connectivity index (χ3v) is 9.02. The summed E-state index contributed by atoms with van der Waals surface area (Å²) in [5.74, 6) is -19.2. The SMILES string of the molecule is COc1c(-c2ccccc2)c(-c2ccccc2)c(Oc2c(F)c(F)c(-c3c(F)c(F)c(C)c(F)c3F)c(F)c2F)c(-c2ccccc2)c1-c1ccccc1. The second kappa shape index (κ2) is 14.5. The third-order valence-electron chi connectivity index (χ3n) is 9.02. The van der Waals surface area contributed by atoms with Crippen molar-refractivity contribution >= 4 is 0 Å². The molecule has 0 N–H and O–H groups in total. The van der Waals surface area contributed by atoms with Gasteiger partial charge in [-0.25, -0.2) is 26.3 Å². The molecule has 0 aliphatic rings. The first kappa shape index (κ1) is 36.0. The van der Waals surface area contributed by atoms with Gasteiger partial charge >= 0.3 is 0 Å². The number of halogens is 8. The van der Waals surface area contributed by atoms with Crippen molar-refractivity contribution in [1.29, 1.82) is 0 Å². The molecule has 0 bridgehead atoms. The second-order valence-electron chi connectivity index (χ2n) is 12.1. The fourth-order valence-corrected chi connectivity index (χ4v) is 6.51. The smallest absolute Gasteiger partial charge is 0.205 e. The lowest BCUT2D eigenvalue weighted by Crippen LogP contribution is -2.10. The summed E-state index contributed by atoms with van der Waals surface area (Å²) in [6.07, 6.45) is 0. The summed E-state index contributed by atoms with van der Waals surface area (Å²) in [6, 6.07) is 34.7. The minimum atomic E-state index is -2.35. The van der Waals surface area contributed by atoms with Gasteiger partial charge in [0.1, 0.15) is 11.5 Å². The van der Waals surface area contributed by atoms with Crippen molar-refractivity contribution < 1.29 is 44.6 Å². The van der Waals surface area contributed by atoms with Gasteiger partial charge in [-0.2, -0.15) is 8.78 Å². The normalized spacial score (nSPS) is 11.1. The highest BCUT2D eigenvalue weighted by atomic mass is 19.2. The number of benzene rings is 7. The quantitative estimate of drug-likeness (QED) is 0.114. The Morgan fingerprint density at radius 3 is 0.889 bits per heavy atom. The van der Waals surface area contributed by atoms with Gasteiger partial charge in [0.15, 0.2) is 34.9 Å². The van der Waals surface area contributed by atoms with Gasteiger partial charge in [0, 0.05) is 27.8 Å². The second-order valence-corrected chi connectivity index (χ2v) is 12.1. The van der Waals surface area contributed by atoms with Crippen LogP contribution in [-0.2, 0) is 0 Å². The van der Waals surface area contributed by atoms with Gasteiger partial charge in [-0.1, -0.05) is 121 Å². The van der Waals surface area contributed by atoms with E-state index >= 15 is 26.3 Å². The van der Waals surface area contributed by atoms with E-state index in [1.54, 1.807) is 121 Å². The Morgan fingerprint density at radius 1 is 0.315 bits per heavy atom. The van der Waals surface area contributed by atoms with E-state index in [-0.39, 0.29) is 16.9 Å². The fourth-order valence-electron chi connectivity index (χ4n) is 6.51. The molecule has 0 aliphatic heterocycles. The van der Waals surface area contributed by atoms with Gasteiger partial charge in [0.2, 0.25) is 17.4 Å². The zero-order chi connectivity index (χ0) is 38.3.